The average Bonchev–Trinajstić information content (AvgIpc) is 2.80. The topological polar surface area (TPSA) is 15.7 Å². The van der Waals surface area contributed by atoms with Crippen molar-refractivity contribution in [1.82, 2.24) is 9.80 Å². The molecule has 3 aromatic rings. The minimum atomic E-state index is 0.451. The van der Waals surface area contributed by atoms with E-state index < -0.39 is 0 Å². The van der Waals surface area contributed by atoms with Crippen molar-refractivity contribution in [3.05, 3.63) is 101 Å². The highest BCUT2D eigenvalue weighted by Gasteiger charge is 2.19. The lowest BCUT2D eigenvalue weighted by molar-refractivity contribution is 0.177. The van der Waals surface area contributed by atoms with Gasteiger partial charge in [0.05, 0.1) is 0 Å². The molecule has 1 heterocycles. The van der Waals surface area contributed by atoms with Gasteiger partial charge in [-0.3, -0.25) is 4.90 Å². The molecular weight excluding hydrogens is 412 g/mol. The monoisotopic (exact) mass is 436 g/mol. The van der Waals surface area contributed by atoms with Crippen molar-refractivity contribution in [1.29, 1.82) is 0 Å². The van der Waals surface area contributed by atoms with Crippen molar-refractivity contribution < 1.29 is 4.74 Å². The first kappa shape index (κ1) is 20.9. The van der Waals surface area contributed by atoms with Crippen LogP contribution in [0.3, 0.4) is 0 Å². The number of piperazine rings is 1. The molecule has 5 heteroatoms. The maximum absolute atomic E-state index is 6.19. The van der Waals surface area contributed by atoms with Crippen LogP contribution in [0.2, 0.25) is 5.02 Å². The van der Waals surface area contributed by atoms with Gasteiger partial charge in [-0.25, -0.2) is 0 Å². The number of nitrogens with zero attached hydrogens (tertiary/aromatic N) is 2. The molecule has 0 aromatic heterocycles. The summed E-state index contributed by atoms with van der Waals surface area (Å²) in [7, 11) is 0. The zero-order valence-electron chi connectivity index (χ0n) is 16.8. The van der Waals surface area contributed by atoms with Crippen LogP contribution < -0.4 is 4.74 Å². The molecule has 1 fully saturated rings. The van der Waals surface area contributed by atoms with E-state index in [1.54, 1.807) is 0 Å². The lowest BCUT2D eigenvalue weighted by Gasteiger charge is -2.36. The van der Waals surface area contributed by atoms with Crippen LogP contribution in [0, 0.1) is 0 Å². The van der Waals surface area contributed by atoms with E-state index in [1.807, 2.05) is 48.5 Å². The predicted molar refractivity (Wildman–Crippen MR) is 127 cm³/mol. The van der Waals surface area contributed by atoms with Crippen LogP contribution in [-0.2, 0) is 13.2 Å². The van der Waals surface area contributed by atoms with E-state index in [9.17, 15) is 0 Å². The van der Waals surface area contributed by atoms with Gasteiger partial charge in [0.1, 0.15) is 17.3 Å². The Labute approximate surface area is 188 Å². The summed E-state index contributed by atoms with van der Waals surface area (Å²) < 4.78 is 5.88. The SMILES string of the molecule is S=C(c1ccc(OCc2ccccc2Cl)cc1)N1CCN(Cc2ccccc2)CC1. The molecule has 3 nitrogen and oxygen atoms in total. The van der Waals surface area contributed by atoms with E-state index >= 15 is 0 Å². The van der Waals surface area contributed by atoms with Gasteiger partial charge >= 0.3 is 0 Å². The van der Waals surface area contributed by atoms with E-state index in [4.69, 9.17) is 28.6 Å². The molecule has 0 N–H and O–H groups in total. The van der Waals surface area contributed by atoms with Crippen LogP contribution >= 0.6 is 23.8 Å². The zero-order valence-corrected chi connectivity index (χ0v) is 18.4. The Morgan fingerprint density at radius 2 is 1.50 bits per heavy atom. The number of halogens is 1. The zero-order chi connectivity index (χ0) is 20.8. The lowest BCUT2D eigenvalue weighted by Crippen LogP contribution is -2.47. The van der Waals surface area contributed by atoms with Crippen LogP contribution in [0.4, 0.5) is 0 Å². The third-order valence-electron chi connectivity index (χ3n) is 5.36. The van der Waals surface area contributed by atoms with Crippen molar-refractivity contribution >= 4 is 28.8 Å². The summed E-state index contributed by atoms with van der Waals surface area (Å²) >= 11 is 12.0. The molecule has 0 atom stereocenters. The van der Waals surface area contributed by atoms with E-state index in [-0.39, 0.29) is 0 Å². The minimum absolute atomic E-state index is 0.451. The summed E-state index contributed by atoms with van der Waals surface area (Å²) in [6, 6.07) is 26.4. The standard InChI is InChI=1S/C25H25ClN2OS/c26-24-9-5-4-8-22(24)19-29-23-12-10-21(11-13-23)25(30)28-16-14-27(15-17-28)18-20-6-2-1-3-7-20/h1-13H,14-19H2. The third kappa shape index (κ3) is 5.39. The Balaban J connectivity index is 1.28. The molecule has 0 spiro atoms. The maximum atomic E-state index is 6.19. The van der Waals surface area contributed by atoms with Gasteiger partial charge in [0.25, 0.3) is 0 Å². The van der Waals surface area contributed by atoms with Gasteiger partial charge in [0.15, 0.2) is 0 Å². The summed E-state index contributed by atoms with van der Waals surface area (Å²) in [4.78, 5) is 5.70. The molecule has 4 rings (SSSR count). The van der Waals surface area contributed by atoms with E-state index in [2.05, 4.69) is 40.1 Å². The second kappa shape index (κ2) is 10.1. The van der Waals surface area contributed by atoms with Gasteiger partial charge in [0, 0.05) is 48.9 Å². The van der Waals surface area contributed by atoms with Crippen molar-refractivity contribution in [2.45, 2.75) is 13.2 Å². The molecule has 0 bridgehead atoms. The first-order chi connectivity index (χ1) is 14.7. The van der Waals surface area contributed by atoms with Gasteiger partial charge in [-0.15, -0.1) is 0 Å². The molecule has 0 amide bonds. The number of ether oxygens (including phenoxy) is 1. The van der Waals surface area contributed by atoms with Gasteiger partial charge in [0.2, 0.25) is 0 Å². The second-order valence-corrected chi connectivity index (χ2v) is 8.25. The predicted octanol–water partition coefficient (Wildman–Crippen LogP) is 5.41. The van der Waals surface area contributed by atoms with Crippen molar-refractivity contribution in [3.8, 4) is 5.75 Å². The first-order valence-electron chi connectivity index (χ1n) is 10.2. The Kier molecular flexibility index (Phi) is 7.00. The lowest BCUT2D eigenvalue weighted by atomic mass is 10.1. The van der Waals surface area contributed by atoms with Crippen molar-refractivity contribution in [3.63, 3.8) is 0 Å². The minimum Gasteiger partial charge on any atom is -0.489 e. The van der Waals surface area contributed by atoms with Crippen LogP contribution in [0.1, 0.15) is 16.7 Å². The molecule has 0 saturated carbocycles. The highest BCUT2D eigenvalue weighted by Crippen LogP contribution is 2.20. The summed E-state index contributed by atoms with van der Waals surface area (Å²) in [5, 5.41) is 0.724. The third-order valence-corrected chi connectivity index (χ3v) is 6.22. The quantitative estimate of drug-likeness (QED) is 0.480. The van der Waals surface area contributed by atoms with E-state index in [0.29, 0.717) is 6.61 Å². The Hall–Kier alpha value is -2.40. The number of benzene rings is 3. The summed E-state index contributed by atoms with van der Waals surface area (Å²) in [5.74, 6) is 0.814. The van der Waals surface area contributed by atoms with Crippen LogP contribution in [0.25, 0.3) is 0 Å². The summed E-state index contributed by atoms with van der Waals surface area (Å²) in [6.45, 7) is 5.40. The molecule has 0 unspecified atom stereocenters. The smallest absolute Gasteiger partial charge is 0.119 e. The van der Waals surface area contributed by atoms with Gasteiger partial charge < -0.3 is 9.64 Å². The number of hydrogen-bond acceptors (Lipinski definition) is 3. The molecule has 0 radical (unpaired) electrons. The van der Waals surface area contributed by atoms with Gasteiger partial charge in [-0.1, -0.05) is 72.3 Å². The van der Waals surface area contributed by atoms with E-state index in [0.717, 1.165) is 59.6 Å². The van der Waals surface area contributed by atoms with Gasteiger partial charge in [-0.05, 0) is 35.9 Å². The number of rotatable bonds is 6. The molecule has 3 aromatic carbocycles. The van der Waals surface area contributed by atoms with Crippen molar-refractivity contribution in [2.24, 2.45) is 0 Å². The second-order valence-electron chi connectivity index (χ2n) is 7.46. The normalized spacial score (nSPS) is 14.5. The molecular formula is C25H25ClN2OS. The molecule has 154 valence electrons. The Morgan fingerprint density at radius 3 is 2.20 bits per heavy atom. The van der Waals surface area contributed by atoms with Gasteiger partial charge in [-0.2, -0.15) is 0 Å². The van der Waals surface area contributed by atoms with Crippen LogP contribution in [-0.4, -0.2) is 41.0 Å². The highest BCUT2D eigenvalue weighted by atomic mass is 35.5. The van der Waals surface area contributed by atoms with Crippen molar-refractivity contribution in [2.75, 3.05) is 26.2 Å². The fourth-order valence-corrected chi connectivity index (χ4v) is 4.11. The van der Waals surface area contributed by atoms with E-state index in [1.165, 1.54) is 5.56 Å². The average molecular weight is 437 g/mol. The summed E-state index contributed by atoms with van der Waals surface area (Å²) in [6.07, 6.45) is 0. The maximum Gasteiger partial charge on any atom is 0.119 e. The molecule has 1 aliphatic rings. The molecule has 0 aliphatic carbocycles. The fraction of sp³-hybridized carbons (Fsp3) is 0.240. The molecule has 1 aliphatic heterocycles. The first-order valence-corrected chi connectivity index (χ1v) is 11.0. The molecule has 30 heavy (non-hydrogen) atoms. The highest BCUT2D eigenvalue weighted by molar-refractivity contribution is 7.80. The molecule has 1 saturated heterocycles. The van der Waals surface area contributed by atoms with Crippen LogP contribution in [0.15, 0.2) is 78.9 Å². The number of thiocarbonyl (C=S) groups is 1. The van der Waals surface area contributed by atoms with Crippen LogP contribution in [0.5, 0.6) is 5.75 Å². The number of hydrogen-bond donors (Lipinski definition) is 0. The largest absolute Gasteiger partial charge is 0.489 e. The fourth-order valence-electron chi connectivity index (χ4n) is 3.60. The summed E-state index contributed by atoms with van der Waals surface area (Å²) in [5.41, 5.74) is 3.40. The Morgan fingerprint density at radius 1 is 0.833 bits per heavy atom. The Bertz CT molecular complexity index is 970.